The number of rotatable bonds is 7. The average Bonchev–Trinajstić information content (AvgIpc) is 3.00. The number of carbonyl (C=O) groups is 1. The molecule has 2 aromatic rings. The van der Waals surface area contributed by atoms with Gasteiger partial charge in [0, 0.05) is 24.0 Å². The van der Waals surface area contributed by atoms with Crippen LogP contribution < -0.4 is 10.5 Å². The van der Waals surface area contributed by atoms with Gasteiger partial charge in [-0.15, -0.1) is 11.3 Å². The highest BCUT2D eigenvalue weighted by atomic mass is 32.2. The van der Waals surface area contributed by atoms with Gasteiger partial charge >= 0.3 is 0 Å². The first-order chi connectivity index (χ1) is 10.9. The van der Waals surface area contributed by atoms with E-state index in [1.54, 1.807) is 6.92 Å². The molecule has 0 spiro atoms. The summed E-state index contributed by atoms with van der Waals surface area (Å²) in [4.78, 5) is 12.2. The van der Waals surface area contributed by atoms with Gasteiger partial charge in [-0.05, 0) is 36.6 Å². The quantitative estimate of drug-likeness (QED) is 0.824. The number of thiophene rings is 1. The third-order valence-corrected chi connectivity index (χ3v) is 5.86. The fourth-order valence-corrected chi connectivity index (χ4v) is 4.15. The number of amides is 1. The van der Waals surface area contributed by atoms with E-state index < -0.39 is 15.9 Å². The Bertz CT molecular complexity index is 786. The van der Waals surface area contributed by atoms with Gasteiger partial charge < -0.3 is 10.5 Å². The molecule has 2 N–H and O–H groups in total. The molecule has 0 radical (unpaired) electrons. The van der Waals surface area contributed by atoms with Crippen LogP contribution in [-0.4, -0.2) is 32.3 Å². The van der Waals surface area contributed by atoms with Crippen LogP contribution in [0.5, 0.6) is 5.75 Å². The van der Waals surface area contributed by atoms with E-state index in [1.807, 2.05) is 17.5 Å². The van der Waals surface area contributed by atoms with Crippen molar-refractivity contribution < 1.29 is 17.9 Å². The zero-order chi connectivity index (χ0) is 17.0. The highest BCUT2D eigenvalue weighted by Gasteiger charge is 2.26. The van der Waals surface area contributed by atoms with Gasteiger partial charge in [-0.3, -0.25) is 4.79 Å². The largest absolute Gasteiger partial charge is 0.492 e. The third kappa shape index (κ3) is 3.90. The highest BCUT2D eigenvalue weighted by molar-refractivity contribution is 7.89. The number of primary amides is 1. The number of hydrogen-bond acceptors (Lipinski definition) is 5. The zero-order valence-electron chi connectivity index (χ0n) is 12.9. The minimum Gasteiger partial charge on any atom is -0.492 e. The van der Waals surface area contributed by atoms with Crippen molar-refractivity contribution in [2.45, 2.75) is 18.4 Å². The molecule has 2 rings (SSSR count). The summed E-state index contributed by atoms with van der Waals surface area (Å²) >= 11 is 1.47. The SMILES string of the molecule is CCOc1ccc(C(N)=O)cc1S(=O)(=O)N(C)Cc1cccs1. The summed E-state index contributed by atoms with van der Waals surface area (Å²) in [5.74, 6) is -0.485. The maximum Gasteiger partial charge on any atom is 0.248 e. The van der Waals surface area contributed by atoms with Crippen LogP contribution in [0.1, 0.15) is 22.2 Å². The molecule has 124 valence electrons. The van der Waals surface area contributed by atoms with Crippen LogP contribution in [0.15, 0.2) is 40.6 Å². The van der Waals surface area contributed by atoms with Crippen LogP contribution >= 0.6 is 11.3 Å². The third-order valence-electron chi connectivity index (χ3n) is 3.17. The molecule has 0 atom stereocenters. The van der Waals surface area contributed by atoms with Crippen molar-refractivity contribution in [3.63, 3.8) is 0 Å². The minimum atomic E-state index is -3.82. The van der Waals surface area contributed by atoms with Crippen LogP contribution in [0.3, 0.4) is 0 Å². The maximum absolute atomic E-state index is 12.8. The van der Waals surface area contributed by atoms with Gasteiger partial charge in [0.2, 0.25) is 15.9 Å². The summed E-state index contributed by atoms with van der Waals surface area (Å²) in [6, 6.07) is 7.88. The van der Waals surface area contributed by atoms with Gasteiger partial charge in [0.25, 0.3) is 0 Å². The van der Waals surface area contributed by atoms with Gasteiger partial charge in [-0.1, -0.05) is 6.07 Å². The lowest BCUT2D eigenvalue weighted by Crippen LogP contribution is -2.27. The number of hydrogen-bond donors (Lipinski definition) is 1. The predicted molar refractivity (Wildman–Crippen MR) is 89.1 cm³/mol. The van der Waals surface area contributed by atoms with Gasteiger partial charge in [-0.25, -0.2) is 8.42 Å². The van der Waals surface area contributed by atoms with Crippen LogP contribution in [0.2, 0.25) is 0 Å². The lowest BCUT2D eigenvalue weighted by Gasteiger charge is -2.19. The van der Waals surface area contributed by atoms with Crippen LogP contribution in [-0.2, 0) is 16.6 Å². The fraction of sp³-hybridized carbons (Fsp3) is 0.267. The number of nitrogens with zero attached hydrogens (tertiary/aromatic N) is 1. The molecule has 0 aliphatic rings. The molecule has 0 aliphatic carbocycles. The fourth-order valence-electron chi connectivity index (χ4n) is 2.01. The standard InChI is InChI=1S/C15H18N2O4S2/c1-3-21-13-7-6-11(15(16)18)9-14(13)23(19,20)17(2)10-12-5-4-8-22-12/h4-9H,3,10H2,1-2H3,(H2,16,18). The normalized spacial score (nSPS) is 11.6. The number of nitrogens with two attached hydrogens (primary N) is 1. The Morgan fingerprint density at radius 2 is 2.09 bits per heavy atom. The van der Waals surface area contributed by atoms with E-state index in [-0.39, 0.29) is 22.8 Å². The van der Waals surface area contributed by atoms with E-state index in [1.165, 1.54) is 40.9 Å². The van der Waals surface area contributed by atoms with Gasteiger partial charge in [0.1, 0.15) is 10.6 Å². The highest BCUT2D eigenvalue weighted by Crippen LogP contribution is 2.28. The molecule has 0 saturated carbocycles. The van der Waals surface area contributed by atoms with Crippen molar-refractivity contribution in [2.24, 2.45) is 5.73 Å². The van der Waals surface area contributed by atoms with Crippen LogP contribution in [0.4, 0.5) is 0 Å². The second-order valence-electron chi connectivity index (χ2n) is 4.80. The number of benzene rings is 1. The van der Waals surface area contributed by atoms with E-state index >= 15 is 0 Å². The van der Waals surface area contributed by atoms with E-state index in [4.69, 9.17) is 10.5 Å². The lowest BCUT2D eigenvalue weighted by molar-refractivity contribution is 0.1000. The first-order valence-electron chi connectivity index (χ1n) is 6.91. The minimum absolute atomic E-state index is 0.0605. The lowest BCUT2D eigenvalue weighted by atomic mass is 10.2. The number of ether oxygens (including phenoxy) is 1. The van der Waals surface area contributed by atoms with E-state index in [0.29, 0.717) is 6.61 Å². The van der Waals surface area contributed by atoms with Crippen molar-refractivity contribution in [3.05, 3.63) is 46.2 Å². The first kappa shape index (κ1) is 17.5. The molecular formula is C15H18N2O4S2. The molecule has 6 nitrogen and oxygen atoms in total. The van der Waals surface area contributed by atoms with Crippen molar-refractivity contribution in [1.82, 2.24) is 4.31 Å². The Kier molecular flexibility index (Phi) is 5.40. The molecule has 8 heteroatoms. The van der Waals surface area contributed by atoms with Crippen molar-refractivity contribution in [2.75, 3.05) is 13.7 Å². The molecule has 1 aromatic carbocycles. The first-order valence-corrected chi connectivity index (χ1v) is 9.23. The Labute approximate surface area is 139 Å². The molecule has 1 aromatic heterocycles. The van der Waals surface area contributed by atoms with Crippen LogP contribution in [0.25, 0.3) is 0 Å². The average molecular weight is 354 g/mol. The number of sulfonamides is 1. The molecule has 0 saturated heterocycles. The summed E-state index contributed by atoms with van der Waals surface area (Å²) in [5, 5.41) is 1.88. The van der Waals surface area contributed by atoms with E-state index in [9.17, 15) is 13.2 Å². The molecular weight excluding hydrogens is 336 g/mol. The van der Waals surface area contributed by atoms with Gasteiger partial charge in [0.15, 0.2) is 0 Å². The summed E-state index contributed by atoms with van der Waals surface area (Å²) in [5.41, 5.74) is 5.37. The molecule has 0 fully saturated rings. The zero-order valence-corrected chi connectivity index (χ0v) is 14.5. The second-order valence-corrected chi connectivity index (χ2v) is 7.84. The molecule has 0 unspecified atom stereocenters. The van der Waals surface area contributed by atoms with Crippen LogP contribution in [0, 0.1) is 0 Å². The summed E-state index contributed by atoms with van der Waals surface area (Å²) in [6.07, 6.45) is 0. The Hall–Kier alpha value is -1.90. The Balaban J connectivity index is 2.43. The van der Waals surface area contributed by atoms with E-state index in [0.717, 1.165) is 4.88 Å². The Morgan fingerprint density at radius 1 is 1.35 bits per heavy atom. The predicted octanol–water partition coefficient (Wildman–Crippen LogP) is 2.07. The smallest absolute Gasteiger partial charge is 0.248 e. The topological polar surface area (TPSA) is 89.7 Å². The number of carbonyl (C=O) groups excluding carboxylic acids is 1. The van der Waals surface area contributed by atoms with Crippen molar-refractivity contribution in [3.8, 4) is 5.75 Å². The van der Waals surface area contributed by atoms with Gasteiger partial charge in [-0.2, -0.15) is 4.31 Å². The van der Waals surface area contributed by atoms with Gasteiger partial charge in [0.05, 0.1) is 6.61 Å². The molecule has 0 aliphatic heterocycles. The maximum atomic E-state index is 12.8. The summed E-state index contributed by atoms with van der Waals surface area (Å²) in [6.45, 7) is 2.31. The molecule has 1 amide bonds. The molecule has 23 heavy (non-hydrogen) atoms. The summed E-state index contributed by atoms with van der Waals surface area (Å²) in [7, 11) is -2.33. The molecule has 0 bridgehead atoms. The second kappa shape index (κ2) is 7.12. The monoisotopic (exact) mass is 354 g/mol. The molecule has 1 heterocycles. The van der Waals surface area contributed by atoms with E-state index in [2.05, 4.69) is 0 Å². The summed E-state index contributed by atoms with van der Waals surface area (Å²) < 4.78 is 32.3. The van der Waals surface area contributed by atoms with Crippen molar-refractivity contribution >= 4 is 27.3 Å². The Morgan fingerprint density at radius 3 is 2.65 bits per heavy atom. The van der Waals surface area contributed by atoms with Crippen molar-refractivity contribution in [1.29, 1.82) is 0 Å².